The first kappa shape index (κ1) is 10.5. The molecule has 1 unspecified atom stereocenters. The highest BCUT2D eigenvalue weighted by Gasteiger charge is 2.20. The molecule has 1 aliphatic heterocycles. The first-order valence-electron chi connectivity index (χ1n) is 5.61. The second-order valence-corrected chi connectivity index (χ2v) is 4.58. The molecule has 0 fully saturated rings. The lowest BCUT2D eigenvalue weighted by Gasteiger charge is -2.16. The predicted octanol–water partition coefficient (Wildman–Crippen LogP) is 2.70. The van der Waals surface area contributed by atoms with Gasteiger partial charge in [0.15, 0.2) is 0 Å². The molecular weight excluding hydrogens is 188 g/mol. The summed E-state index contributed by atoms with van der Waals surface area (Å²) in [5.74, 6) is 1.42. The Kier molecular flexibility index (Phi) is 2.96. The van der Waals surface area contributed by atoms with Gasteiger partial charge in [0.05, 0.1) is 12.7 Å². The van der Waals surface area contributed by atoms with Gasteiger partial charge in [-0.2, -0.15) is 0 Å². The minimum absolute atomic E-state index is 0.391. The van der Waals surface area contributed by atoms with Crippen LogP contribution in [-0.2, 0) is 6.42 Å². The van der Waals surface area contributed by atoms with Crippen LogP contribution in [0.25, 0.3) is 0 Å². The normalized spacial score (nSPS) is 16.3. The standard InChI is InChI=1S/C13H18O2/c1-9(2)8-12(14)11-5-3-4-10-6-7-15-13(10)11/h3-5,9,12,14H,6-8H2,1-2H3. The van der Waals surface area contributed by atoms with E-state index in [1.165, 1.54) is 5.56 Å². The summed E-state index contributed by atoms with van der Waals surface area (Å²) in [4.78, 5) is 0. The fourth-order valence-electron chi connectivity index (χ4n) is 2.08. The molecule has 1 atom stereocenters. The largest absolute Gasteiger partial charge is 0.493 e. The van der Waals surface area contributed by atoms with Crippen molar-refractivity contribution in [1.82, 2.24) is 0 Å². The van der Waals surface area contributed by atoms with E-state index in [0.29, 0.717) is 5.92 Å². The third kappa shape index (κ3) is 2.15. The van der Waals surface area contributed by atoms with Crippen LogP contribution < -0.4 is 4.74 Å². The molecule has 0 radical (unpaired) electrons. The fourth-order valence-corrected chi connectivity index (χ4v) is 2.08. The minimum Gasteiger partial charge on any atom is -0.493 e. The first-order chi connectivity index (χ1) is 7.18. The first-order valence-corrected chi connectivity index (χ1v) is 5.61. The van der Waals surface area contributed by atoms with Crippen molar-refractivity contribution in [2.24, 2.45) is 5.92 Å². The van der Waals surface area contributed by atoms with Crippen molar-refractivity contribution < 1.29 is 9.84 Å². The van der Waals surface area contributed by atoms with Gasteiger partial charge in [0.1, 0.15) is 5.75 Å². The average molecular weight is 206 g/mol. The Bertz CT molecular complexity index is 344. The number of aliphatic hydroxyl groups excluding tert-OH is 1. The third-order valence-electron chi connectivity index (χ3n) is 2.80. The van der Waals surface area contributed by atoms with Crippen molar-refractivity contribution in [2.75, 3.05) is 6.61 Å². The van der Waals surface area contributed by atoms with Crippen molar-refractivity contribution in [1.29, 1.82) is 0 Å². The summed E-state index contributed by atoms with van der Waals surface area (Å²) in [5.41, 5.74) is 2.19. The lowest BCUT2D eigenvalue weighted by molar-refractivity contribution is 0.147. The van der Waals surface area contributed by atoms with Gasteiger partial charge in [-0.1, -0.05) is 32.0 Å². The highest BCUT2D eigenvalue weighted by atomic mass is 16.5. The fraction of sp³-hybridized carbons (Fsp3) is 0.538. The molecule has 1 aromatic carbocycles. The zero-order valence-electron chi connectivity index (χ0n) is 9.36. The topological polar surface area (TPSA) is 29.5 Å². The number of rotatable bonds is 3. The molecule has 15 heavy (non-hydrogen) atoms. The number of hydrogen-bond donors (Lipinski definition) is 1. The number of fused-ring (bicyclic) bond motifs is 1. The maximum atomic E-state index is 10.1. The van der Waals surface area contributed by atoms with Crippen LogP contribution in [0.4, 0.5) is 0 Å². The maximum Gasteiger partial charge on any atom is 0.128 e. The molecule has 0 saturated carbocycles. The molecule has 2 heteroatoms. The Balaban J connectivity index is 2.24. The van der Waals surface area contributed by atoms with Gasteiger partial charge in [-0.25, -0.2) is 0 Å². The molecule has 0 bridgehead atoms. The molecule has 1 heterocycles. The summed E-state index contributed by atoms with van der Waals surface area (Å²) < 4.78 is 5.57. The van der Waals surface area contributed by atoms with Gasteiger partial charge in [0.2, 0.25) is 0 Å². The highest BCUT2D eigenvalue weighted by Crippen LogP contribution is 2.35. The van der Waals surface area contributed by atoms with E-state index in [9.17, 15) is 5.11 Å². The monoisotopic (exact) mass is 206 g/mol. The Hall–Kier alpha value is -1.02. The van der Waals surface area contributed by atoms with E-state index in [4.69, 9.17) is 4.74 Å². The molecule has 0 aliphatic carbocycles. The molecule has 1 N–H and O–H groups in total. The minimum atomic E-state index is -0.391. The molecule has 82 valence electrons. The van der Waals surface area contributed by atoms with Crippen LogP contribution in [0.1, 0.15) is 37.5 Å². The van der Waals surface area contributed by atoms with Gasteiger partial charge in [0.25, 0.3) is 0 Å². The SMILES string of the molecule is CC(C)CC(O)c1cccc2c1OCC2. The molecule has 1 aliphatic rings. The zero-order valence-corrected chi connectivity index (χ0v) is 9.36. The summed E-state index contributed by atoms with van der Waals surface area (Å²) in [6.07, 6.45) is 1.37. The second kappa shape index (κ2) is 4.23. The van der Waals surface area contributed by atoms with E-state index in [1.807, 2.05) is 12.1 Å². The summed E-state index contributed by atoms with van der Waals surface area (Å²) in [7, 11) is 0. The van der Waals surface area contributed by atoms with Gasteiger partial charge in [-0.15, -0.1) is 0 Å². The molecule has 2 rings (SSSR count). The van der Waals surface area contributed by atoms with E-state index in [-0.39, 0.29) is 0 Å². The number of para-hydroxylation sites is 1. The number of hydrogen-bond acceptors (Lipinski definition) is 2. The van der Waals surface area contributed by atoms with Crippen molar-refractivity contribution >= 4 is 0 Å². The van der Waals surface area contributed by atoms with Crippen LogP contribution in [0.5, 0.6) is 5.75 Å². The molecule has 1 aromatic rings. The number of benzene rings is 1. The van der Waals surface area contributed by atoms with Crippen LogP contribution in [0.3, 0.4) is 0 Å². The average Bonchev–Trinajstić information content (AvgIpc) is 2.63. The van der Waals surface area contributed by atoms with E-state index in [2.05, 4.69) is 19.9 Å². The Morgan fingerprint density at radius 2 is 2.20 bits per heavy atom. The van der Waals surface area contributed by atoms with Crippen LogP contribution in [0.2, 0.25) is 0 Å². The van der Waals surface area contributed by atoms with Gasteiger partial charge in [0, 0.05) is 12.0 Å². The maximum absolute atomic E-state index is 10.1. The van der Waals surface area contributed by atoms with Crippen LogP contribution in [-0.4, -0.2) is 11.7 Å². The summed E-state index contributed by atoms with van der Waals surface area (Å²) in [6, 6.07) is 6.05. The van der Waals surface area contributed by atoms with E-state index < -0.39 is 6.10 Å². The van der Waals surface area contributed by atoms with Crippen LogP contribution in [0, 0.1) is 5.92 Å². The summed E-state index contributed by atoms with van der Waals surface area (Å²) in [5, 5.41) is 10.1. The van der Waals surface area contributed by atoms with E-state index in [0.717, 1.165) is 30.8 Å². The molecular formula is C13H18O2. The zero-order chi connectivity index (χ0) is 10.8. The second-order valence-electron chi connectivity index (χ2n) is 4.58. The Morgan fingerprint density at radius 1 is 1.40 bits per heavy atom. The van der Waals surface area contributed by atoms with Crippen molar-refractivity contribution in [3.63, 3.8) is 0 Å². The predicted molar refractivity (Wildman–Crippen MR) is 60.1 cm³/mol. The number of ether oxygens (including phenoxy) is 1. The van der Waals surface area contributed by atoms with Gasteiger partial charge in [-0.3, -0.25) is 0 Å². The quantitative estimate of drug-likeness (QED) is 0.824. The highest BCUT2D eigenvalue weighted by molar-refractivity contribution is 5.45. The summed E-state index contributed by atoms with van der Waals surface area (Å²) in [6.45, 7) is 4.99. The Labute approximate surface area is 90.9 Å². The smallest absolute Gasteiger partial charge is 0.128 e. The third-order valence-corrected chi connectivity index (χ3v) is 2.80. The molecule has 2 nitrogen and oxygen atoms in total. The number of aliphatic hydroxyl groups is 1. The van der Waals surface area contributed by atoms with E-state index in [1.54, 1.807) is 0 Å². The van der Waals surface area contributed by atoms with Crippen molar-refractivity contribution in [3.8, 4) is 5.75 Å². The van der Waals surface area contributed by atoms with E-state index >= 15 is 0 Å². The van der Waals surface area contributed by atoms with Gasteiger partial charge in [-0.05, 0) is 17.9 Å². The lowest BCUT2D eigenvalue weighted by atomic mass is 9.97. The Morgan fingerprint density at radius 3 is 2.93 bits per heavy atom. The van der Waals surface area contributed by atoms with Crippen molar-refractivity contribution in [2.45, 2.75) is 32.8 Å². The molecule has 0 amide bonds. The van der Waals surface area contributed by atoms with Crippen LogP contribution in [0.15, 0.2) is 18.2 Å². The van der Waals surface area contributed by atoms with Gasteiger partial charge < -0.3 is 9.84 Å². The summed E-state index contributed by atoms with van der Waals surface area (Å²) >= 11 is 0. The molecule has 0 saturated heterocycles. The lowest BCUT2D eigenvalue weighted by Crippen LogP contribution is -2.03. The molecule has 0 spiro atoms. The molecule has 0 aromatic heterocycles. The van der Waals surface area contributed by atoms with Crippen molar-refractivity contribution in [3.05, 3.63) is 29.3 Å². The van der Waals surface area contributed by atoms with Gasteiger partial charge >= 0.3 is 0 Å². The van der Waals surface area contributed by atoms with Crippen LogP contribution >= 0.6 is 0 Å².